The van der Waals surface area contributed by atoms with Crippen LogP contribution in [0, 0.1) is 11.3 Å². The molecule has 4 nitrogen and oxygen atoms in total. The van der Waals surface area contributed by atoms with Crippen molar-refractivity contribution in [2.75, 3.05) is 19.8 Å². The van der Waals surface area contributed by atoms with Crippen LogP contribution in [-0.4, -0.2) is 31.7 Å². The lowest BCUT2D eigenvalue weighted by molar-refractivity contribution is -0.124. The highest BCUT2D eigenvalue weighted by Crippen LogP contribution is 2.44. The summed E-state index contributed by atoms with van der Waals surface area (Å²) >= 11 is 0. The zero-order valence-electron chi connectivity index (χ0n) is 10.4. The number of hydrogen-bond donors (Lipinski definition) is 2. The van der Waals surface area contributed by atoms with E-state index in [2.05, 4.69) is 12.2 Å². The number of carbonyl (C=O) groups is 1. The molecule has 0 aromatic heterocycles. The Morgan fingerprint density at radius 3 is 2.59 bits per heavy atom. The second kappa shape index (κ2) is 6.03. The molecule has 2 rings (SSSR count). The fourth-order valence-corrected chi connectivity index (χ4v) is 2.10. The quantitative estimate of drug-likeness (QED) is 0.797. The van der Waals surface area contributed by atoms with Crippen molar-refractivity contribution in [1.29, 1.82) is 0 Å². The van der Waals surface area contributed by atoms with E-state index in [4.69, 9.17) is 10.5 Å². The first kappa shape index (κ1) is 14.7. The zero-order chi connectivity index (χ0) is 11.6. The Kier molecular flexibility index (Phi) is 5.22. The molecule has 17 heavy (non-hydrogen) atoms. The third-order valence-electron chi connectivity index (χ3n) is 3.87. The molecule has 0 radical (unpaired) electrons. The lowest BCUT2D eigenvalue weighted by atomic mass is 9.92. The molecule has 1 atom stereocenters. The summed E-state index contributed by atoms with van der Waals surface area (Å²) in [5, 5.41) is 2.98. The molecule has 1 heterocycles. The van der Waals surface area contributed by atoms with Gasteiger partial charge in [0.15, 0.2) is 0 Å². The van der Waals surface area contributed by atoms with Gasteiger partial charge in [0.2, 0.25) is 5.91 Å². The number of nitrogens with two attached hydrogens (primary N) is 1. The number of hydrogen-bond acceptors (Lipinski definition) is 3. The van der Waals surface area contributed by atoms with Crippen LogP contribution in [0.2, 0.25) is 0 Å². The van der Waals surface area contributed by atoms with Crippen molar-refractivity contribution in [3.8, 4) is 0 Å². The lowest BCUT2D eigenvalue weighted by Gasteiger charge is -2.27. The van der Waals surface area contributed by atoms with Gasteiger partial charge in [-0.1, -0.05) is 6.92 Å². The molecule has 2 aliphatic rings. The van der Waals surface area contributed by atoms with Crippen molar-refractivity contribution < 1.29 is 9.53 Å². The Hall–Kier alpha value is -0.320. The van der Waals surface area contributed by atoms with Crippen LogP contribution in [0.25, 0.3) is 0 Å². The molecule has 5 heteroatoms. The molecule has 1 unspecified atom stereocenters. The topological polar surface area (TPSA) is 64.4 Å². The van der Waals surface area contributed by atoms with E-state index in [0.29, 0.717) is 11.3 Å². The summed E-state index contributed by atoms with van der Waals surface area (Å²) < 4.78 is 5.27. The minimum atomic E-state index is -0.355. The summed E-state index contributed by atoms with van der Waals surface area (Å²) in [6.45, 7) is 4.46. The maximum absolute atomic E-state index is 11.8. The standard InChI is InChI=1S/C12H22N2O2.ClH/c1-12(4-5-12)8-14-11(15)10(13)9-2-6-16-7-3-9;/h9-10H,2-8,13H2,1H3,(H,14,15);1H. The molecule has 1 aliphatic heterocycles. The molecular weight excluding hydrogens is 240 g/mol. The smallest absolute Gasteiger partial charge is 0.237 e. The first-order valence-corrected chi connectivity index (χ1v) is 6.22. The molecule has 0 aromatic rings. The summed E-state index contributed by atoms with van der Waals surface area (Å²) in [5.41, 5.74) is 6.33. The molecule has 100 valence electrons. The molecule has 0 aromatic carbocycles. The van der Waals surface area contributed by atoms with Gasteiger partial charge in [0.05, 0.1) is 6.04 Å². The summed E-state index contributed by atoms with van der Waals surface area (Å²) in [6.07, 6.45) is 4.26. The van der Waals surface area contributed by atoms with E-state index in [0.717, 1.165) is 32.6 Å². The van der Waals surface area contributed by atoms with Crippen LogP contribution < -0.4 is 11.1 Å². The molecule has 1 saturated carbocycles. The number of halogens is 1. The first-order valence-electron chi connectivity index (χ1n) is 6.22. The number of nitrogens with one attached hydrogen (secondary N) is 1. The third kappa shape index (κ3) is 4.12. The molecule has 0 bridgehead atoms. The second-order valence-electron chi connectivity index (χ2n) is 5.50. The van der Waals surface area contributed by atoms with Crippen LogP contribution in [-0.2, 0) is 9.53 Å². The Balaban J connectivity index is 0.00000144. The highest BCUT2D eigenvalue weighted by atomic mass is 35.5. The van der Waals surface area contributed by atoms with Crippen molar-refractivity contribution in [3.63, 3.8) is 0 Å². The average molecular weight is 263 g/mol. The summed E-state index contributed by atoms with van der Waals surface area (Å²) in [4.78, 5) is 11.8. The van der Waals surface area contributed by atoms with Gasteiger partial charge < -0.3 is 15.8 Å². The van der Waals surface area contributed by atoms with E-state index in [9.17, 15) is 4.79 Å². The molecule has 1 aliphatic carbocycles. The number of rotatable bonds is 4. The van der Waals surface area contributed by atoms with Crippen molar-refractivity contribution >= 4 is 18.3 Å². The summed E-state index contributed by atoms with van der Waals surface area (Å²) in [7, 11) is 0. The fraction of sp³-hybridized carbons (Fsp3) is 0.917. The molecule has 1 saturated heterocycles. The van der Waals surface area contributed by atoms with E-state index < -0.39 is 0 Å². The van der Waals surface area contributed by atoms with Crippen LogP contribution in [0.15, 0.2) is 0 Å². The molecule has 0 spiro atoms. The largest absolute Gasteiger partial charge is 0.381 e. The molecule has 1 amide bonds. The van der Waals surface area contributed by atoms with Crippen LogP contribution >= 0.6 is 12.4 Å². The van der Waals surface area contributed by atoms with Gasteiger partial charge in [-0.2, -0.15) is 0 Å². The van der Waals surface area contributed by atoms with Crippen molar-refractivity contribution in [2.45, 2.75) is 38.6 Å². The fourth-order valence-electron chi connectivity index (χ4n) is 2.10. The predicted octanol–water partition coefficient (Wildman–Crippen LogP) is 1.08. The third-order valence-corrected chi connectivity index (χ3v) is 3.87. The SMILES string of the molecule is CC1(CNC(=O)C(N)C2CCOCC2)CC1.Cl. The highest BCUT2D eigenvalue weighted by molar-refractivity contribution is 5.85. The van der Waals surface area contributed by atoms with Gasteiger partial charge in [-0.15, -0.1) is 12.4 Å². The van der Waals surface area contributed by atoms with E-state index in [1.54, 1.807) is 0 Å². The van der Waals surface area contributed by atoms with Crippen LogP contribution in [0.1, 0.15) is 32.6 Å². The van der Waals surface area contributed by atoms with E-state index in [1.807, 2.05) is 0 Å². The second-order valence-corrected chi connectivity index (χ2v) is 5.50. The summed E-state index contributed by atoms with van der Waals surface area (Å²) in [5.74, 6) is 0.306. The van der Waals surface area contributed by atoms with E-state index in [-0.39, 0.29) is 24.4 Å². The Morgan fingerprint density at radius 1 is 1.47 bits per heavy atom. The van der Waals surface area contributed by atoms with Crippen LogP contribution in [0.3, 0.4) is 0 Å². The average Bonchev–Trinajstić information content (AvgIpc) is 3.05. The highest BCUT2D eigenvalue weighted by Gasteiger charge is 2.38. The first-order chi connectivity index (χ1) is 7.61. The Bertz CT molecular complexity index is 263. The number of amides is 1. The van der Waals surface area contributed by atoms with Crippen molar-refractivity contribution in [2.24, 2.45) is 17.1 Å². The van der Waals surface area contributed by atoms with Crippen LogP contribution in [0.5, 0.6) is 0 Å². The number of carbonyl (C=O) groups excluding carboxylic acids is 1. The Labute approximate surface area is 109 Å². The zero-order valence-corrected chi connectivity index (χ0v) is 11.2. The van der Waals surface area contributed by atoms with Crippen molar-refractivity contribution in [1.82, 2.24) is 5.32 Å². The van der Waals surface area contributed by atoms with Crippen molar-refractivity contribution in [3.05, 3.63) is 0 Å². The number of ether oxygens (including phenoxy) is 1. The molecular formula is C12H23ClN2O2. The minimum absolute atomic E-state index is 0. The van der Waals surface area contributed by atoms with Gasteiger partial charge in [-0.25, -0.2) is 0 Å². The van der Waals surface area contributed by atoms with Gasteiger partial charge in [0.1, 0.15) is 0 Å². The predicted molar refractivity (Wildman–Crippen MR) is 69.1 cm³/mol. The lowest BCUT2D eigenvalue weighted by Crippen LogP contribution is -2.48. The van der Waals surface area contributed by atoms with Crippen LogP contribution in [0.4, 0.5) is 0 Å². The monoisotopic (exact) mass is 262 g/mol. The maximum atomic E-state index is 11.8. The molecule has 2 fully saturated rings. The van der Waals surface area contributed by atoms with Gasteiger partial charge in [-0.3, -0.25) is 4.79 Å². The van der Waals surface area contributed by atoms with Gasteiger partial charge in [0, 0.05) is 19.8 Å². The van der Waals surface area contributed by atoms with Gasteiger partial charge in [-0.05, 0) is 37.0 Å². The van der Waals surface area contributed by atoms with E-state index >= 15 is 0 Å². The normalized spacial score (nSPS) is 24.6. The van der Waals surface area contributed by atoms with Gasteiger partial charge in [0.25, 0.3) is 0 Å². The van der Waals surface area contributed by atoms with E-state index in [1.165, 1.54) is 12.8 Å². The minimum Gasteiger partial charge on any atom is -0.381 e. The molecule has 3 N–H and O–H groups in total. The van der Waals surface area contributed by atoms with Gasteiger partial charge >= 0.3 is 0 Å². The maximum Gasteiger partial charge on any atom is 0.237 e. The summed E-state index contributed by atoms with van der Waals surface area (Å²) in [6, 6.07) is -0.355. The Morgan fingerprint density at radius 2 is 2.06 bits per heavy atom.